The first-order chi connectivity index (χ1) is 20.0. The monoisotopic (exact) mass is 619 g/mol. The van der Waals surface area contributed by atoms with Crippen molar-refractivity contribution >= 4 is 44.6 Å². The molecule has 1 aromatic heterocycles. The molecule has 0 bridgehead atoms. The fourth-order valence-electron chi connectivity index (χ4n) is 5.60. The van der Waals surface area contributed by atoms with Crippen LogP contribution in [0.5, 0.6) is 5.75 Å². The van der Waals surface area contributed by atoms with E-state index < -0.39 is 21.0 Å². The number of fused-ring (bicyclic) bond motifs is 1. The molecule has 1 unspecified atom stereocenters. The van der Waals surface area contributed by atoms with E-state index in [1.807, 2.05) is 12.1 Å². The first-order valence-electron chi connectivity index (χ1n) is 14.2. The number of alkyl halides is 2. The Hall–Kier alpha value is -3.02. The molecule has 42 heavy (non-hydrogen) atoms. The molecule has 0 saturated carbocycles. The molecule has 0 amide bonds. The van der Waals surface area contributed by atoms with Crippen LogP contribution in [-0.2, 0) is 22.7 Å². The second-order valence-electron chi connectivity index (χ2n) is 11.2. The van der Waals surface area contributed by atoms with Gasteiger partial charge in [0, 0.05) is 32.0 Å². The lowest BCUT2D eigenvalue weighted by Gasteiger charge is -2.37. The third-order valence-electron chi connectivity index (χ3n) is 8.06. The Labute approximate surface area is 250 Å². The Morgan fingerprint density at radius 1 is 1.10 bits per heavy atom. The Balaban J connectivity index is 1.38. The summed E-state index contributed by atoms with van der Waals surface area (Å²) in [6.07, 6.45) is 4.83. The van der Waals surface area contributed by atoms with Crippen molar-refractivity contribution in [1.82, 2.24) is 14.9 Å². The topological polar surface area (TPSA) is 96.4 Å². The van der Waals surface area contributed by atoms with Crippen molar-refractivity contribution in [1.29, 1.82) is 0 Å². The fourth-order valence-corrected chi connectivity index (χ4v) is 6.94. The lowest BCUT2D eigenvalue weighted by Crippen LogP contribution is -2.45. The van der Waals surface area contributed by atoms with Gasteiger partial charge >= 0.3 is 0 Å². The van der Waals surface area contributed by atoms with E-state index >= 15 is 0 Å². The molecule has 1 atom stereocenters. The van der Waals surface area contributed by atoms with Crippen molar-refractivity contribution in [3.63, 3.8) is 0 Å². The summed E-state index contributed by atoms with van der Waals surface area (Å²) in [7, 11) is -1.96. The highest BCUT2D eigenvalue weighted by atomic mass is 35.5. The average Bonchev–Trinajstić information content (AvgIpc) is 3.16. The van der Waals surface area contributed by atoms with Gasteiger partial charge in [0.15, 0.2) is 15.7 Å². The van der Waals surface area contributed by atoms with Gasteiger partial charge in [0.2, 0.25) is 5.95 Å². The smallest absolute Gasteiger partial charge is 0.250 e. The van der Waals surface area contributed by atoms with Gasteiger partial charge in [-0.05, 0) is 74.9 Å². The summed E-state index contributed by atoms with van der Waals surface area (Å²) in [6, 6.07) is 10.9. The zero-order valence-corrected chi connectivity index (χ0v) is 25.5. The molecule has 0 spiro atoms. The van der Waals surface area contributed by atoms with Crippen molar-refractivity contribution in [3.05, 3.63) is 58.7 Å². The number of hydrogen-bond donors (Lipinski definition) is 2. The molecule has 5 rings (SSSR count). The zero-order valence-electron chi connectivity index (χ0n) is 24.0. The standard InChI is InChI=1S/C30H36ClF2N5O3S/c1-19(2)42(39,40)27-10-5-4-9-24(27)35-28-23(31)18-34-29(37-28)36-25-16-20-7-6-8-22(15-21(20)17-26(25)41-3)38-13-11-30(32,33)12-14-38/h4-5,9-10,16-19,22H,6-8,11-15H2,1-3H3,(H2,34,35,36,37). The van der Waals surface area contributed by atoms with Crippen LogP contribution >= 0.6 is 11.6 Å². The minimum Gasteiger partial charge on any atom is -0.495 e. The summed E-state index contributed by atoms with van der Waals surface area (Å²) in [5.74, 6) is -1.44. The van der Waals surface area contributed by atoms with Crippen LogP contribution in [0.4, 0.5) is 31.9 Å². The second kappa shape index (κ2) is 12.3. The number of sulfone groups is 1. The van der Waals surface area contributed by atoms with E-state index in [-0.39, 0.29) is 40.6 Å². The first kappa shape index (κ1) is 30.4. The van der Waals surface area contributed by atoms with Crippen LogP contribution in [0.15, 0.2) is 47.5 Å². The second-order valence-corrected chi connectivity index (χ2v) is 14.1. The molecule has 1 aliphatic carbocycles. The number of aromatic nitrogens is 2. The maximum atomic E-state index is 13.7. The minimum absolute atomic E-state index is 0.0837. The highest BCUT2D eigenvalue weighted by Gasteiger charge is 2.36. The molecule has 1 aliphatic heterocycles. The highest BCUT2D eigenvalue weighted by Crippen LogP contribution is 2.37. The molecule has 1 fully saturated rings. The van der Waals surface area contributed by atoms with Gasteiger partial charge in [-0.2, -0.15) is 4.98 Å². The van der Waals surface area contributed by atoms with Gasteiger partial charge in [0.25, 0.3) is 5.92 Å². The summed E-state index contributed by atoms with van der Waals surface area (Å²) in [6.45, 7) is 4.10. The van der Waals surface area contributed by atoms with Crippen LogP contribution in [0.25, 0.3) is 0 Å². The molecule has 2 aliphatic rings. The molecule has 8 nitrogen and oxygen atoms in total. The van der Waals surface area contributed by atoms with Crippen molar-refractivity contribution in [3.8, 4) is 5.75 Å². The number of para-hydroxylation sites is 1. The SMILES string of the molecule is COc1cc2c(cc1Nc1ncc(Cl)c(Nc3ccccc3S(=O)(=O)C(C)C)n1)CCCC(N1CCC(F)(F)CC1)C2. The van der Waals surface area contributed by atoms with Crippen LogP contribution in [0.2, 0.25) is 5.02 Å². The van der Waals surface area contributed by atoms with Crippen molar-refractivity contribution in [2.45, 2.75) is 74.5 Å². The molecule has 2 aromatic carbocycles. The highest BCUT2D eigenvalue weighted by molar-refractivity contribution is 7.92. The number of hydrogen-bond acceptors (Lipinski definition) is 8. The Morgan fingerprint density at radius 2 is 1.83 bits per heavy atom. The predicted molar refractivity (Wildman–Crippen MR) is 162 cm³/mol. The van der Waals surface area contributed by atoms with E-state index in [0.29, 0.717) is 30.2 Å². The number of aryl methyl sites for hydroxylation is 1. The van der Waals surface area contributed by atoms with Gasteiger partial charge in [-0.25, -0.2) is 22.2 Å². The van der Waals surface area contributed by atoms with Crippen LogP contribution in [-0.4, -0.2) is 60.7 Å². The van der Waals surface area contributed by atoms with E-state index in [9.17, 15) is 17.2 Å². The zero-order chi connectivity index (χ0) is 30.1. The van der Waals surface area contributed by atoms with Gasteiger partial charge in [-0.15, -0.1) is 0 Å². The lowest BCUT2D eigenvalue weighted by atomic mass is 9.97. The van der Waals surface area contributed by atoms with Crippen LogP contribution in [0.1, 0.15) is 50.7 Å². The Kier molecular flexibility index (Phi) is 8.91. The maximum absolute atomic E-state index is 13.7. The number of nitrogens with zero attached hydrogens (tertiary/aromatic N) is 3. The van der Waals surface area contributed by atoms with Crippen LogP contribution in [0.3, 0.4) is 0 Å². The number of likely N-dealkylation sites (tertiary alicyclic amines) is 1. The number of benzene rings is 2. The minimum atomic E-state index is -3.55. The summed E-state index contributed by atoms with van der Waals surface area (Å²) in [4.78, 5) is 11.2. The van der Waals surface area contributed by atoms with Crippen molar-refractivity contribution in [2.75, 3.05) is 30.8 Å². The third-order valence-corrected chi connectivity index (χ3v) is 10.6. The van der Waals surface area contributed by atoms with Gasteiger partial charge in [-0.3, -0.25) is 4.90 Å². The molecule has 3 aromatic rings. The van der Waals surface area contributed by atoms with Crippen molar-refractivity contribution in [2.24, 2.45) is 0 Å². The molecular formula is C30H36ClF2N5O3S. The van der Waals surface area contributed by atoms with Crippen LogP contribution in [0, 0.1) is 0 Å². The van der Waals surface area contributed by atoms with Crippen LogP contribution < -0.4 is 15.4 Å². The number of rotatable bonds is 8. The number of nitrogens with one attached hydrogen (secondary N) is 2. The summed E-state index contributed by atoms with van der Waals surface area (Å²) in [5.41, 5.74) is 3.37. The number of piperidine rings is 1. The molecule has 12 heteroatoms. The molecule has 1 saturated heterocycles. The largest absolute Gasteiger partial charge is 0.495 e. The van der Waals surface area contributed by atoms with Gasteiger partial charge in [0.1, 0.15) is 10.8 Å². The van der Waals surface area contributed by atoms with E-state index in [2.05, 4.69) is 25.5 Å². The molecule has 226 valence electrons. The van der Waals surface area contributed by atoms with E-state index in [1.165, 1.54) is 11.8 Å². The van der Waals surface area contributed by atoms with Gasteiger partial charge < -0.3 is 15.4 Å². The summed E-state index contributed by atoms with van der Waals surface area (Å²) < 4.78 is 59.0. The molecular weight excluding hydrogens is 584 g/mol. The Morgan fingerprint density at radius 3 is 2.55 bits per heavy atom. The number of halogens is 3. The third kappa shape index (κ3) is 6.63. The van der Waals surface area contributed by atoms with Gasteiger partial charge in [0.05, 0.1) is 34.8 Å². The van der Waals surface area contributed by atoms with Crippen molar-refractivity contribution < 1.29 is 21.9 Å². The maximum Gasteiger partial charge on any atom is 0.250 e. The fraction of sp³-hybridized carbons (Fsp3) is 0.467. The number of anilines is 4. The van der Waals surface area contributed by atoms with E-state index in [4.69, 9.17) is 16.3 Å². The predicted octanol–water partition coefficient (Wildman–Crippen LogP) is 6.79. The quantitative estimate of drug-likeness (QED) is 0.266. The average molecular weight is 620 g/mol. The van der Waals surface area contributed by atoms with E-state index in [1.54, 1.807) is 45.2 Å². The molecule has 2 N–H and O–H groups in total. The Bertz CT molecular complexity index is 1540. The molecule has 0 radical (unpaired) electrons. The summed E-state index contributed by atoms with van der Waals surface area (Å²) >= 11 is 6.41. The number of ether oxygens (including phenoxy) is 1. The molecule has 2 heterocycles. The number of methoxy groups -OCH3 is 1. The normalized spacial score (nSPS) is 19.2. The lowest BCUT2D eigenvalue weighted by molar-refractivity contribution is -0.0635. The van der Waals surface area contributed by atoms with Gasteiger partial charge in [-0.1, -0.05) is 23.7 Å². The summed E-state index contributed by atoms with van der Waals surface area (Å²) in [5, 5.41) is 5.94. The first-order valence-corrected chi connectivity index (χ1v) is 16.1. The van der Waals surface area contributed by atoms with E-state index in [0.717, 1.165) is 31.2 Å².